The Hall–Kier alpha value is -3.79. The Balaban J connectivity index is 1.58. The molecule has 33 heavy (non-hydrogen) atoms. The Kier molecular flexibility index (Phi) is 6.64. The third-order valence-electron chi connectivity index (χ3n) is 5.69. The number of ether oxygens (including phenoxy) is 3. The molecule has 0 bridgehead atoms. The minimum absolute atomic E-state index is 0.180. The number of likely N-dealkylation sites (N-methyl/N-ethyl adjacent to an activating group) is 1. The molecule has 10 heteroatoms. The summed E-state index contributed by atoms with van der Waals surface area (Å²) in [7, 11) is 6.90. The fourth-order valence-electron chi connectivity index (χ4n) is 3.78. The maximum absolute atomic E-state index is 12.4. The van der Waals surface area contributed by atoms with E-state index < -0.39 is 0 Å². The van der Waals surface area contributed by atoms with Crippen molar-refractivity contribution in [1.29, 1.82) is 0 Å². The highest BCUT2D eigenvalue weighted by Crippen LogP contribution is 2.32. The molecule has 2 aliphatic heterocycles. The van der Waals surface area contributed by atoms with Crippen LogP contribution in [0.1, 0.15) is 5.56 Å². The number of hydrogen-bond acceptors (Lipinski definition) is 9. The Morgan fingerprint density at radius 3 is 2.33 bits per heavy atom. The van der Waals surface area contributed by atoms with Gasteiger partial charge in [-0.05, 0) is 43.4 Å². The van der Waals surface area contributed by atoms with Crippen LogP contribution in [-0.4, -0.2) is 76.8 Å². The quantitative estimate of drug-likeness (QED) is 0.618. The zero-order valence-electron chi connectivity index (χ0n) is 19.2. The normalized spacial score (nSPS) is 17.6. The van der Waals surface area contributed by atoms with Gasteiger partial charge in [0.25, 0.3) is 5.91 Å². The van der Waals surface area contributed by atoms with Crippen molar-refractivity contribution in [1.82, 2.24) is 10.3 Å². The fourth-order valence-corrected chi connectivity index (χ4v) is 3.78. The Morgan fingerprint density at radius 2 is 1.64 bits per heavy atom. The summed E-state index contributed by atoms with van der Waals surface area (Å²) in [6, 6.07) is 11.1. The van der Waals surface area contributed by atoms with Gasteiger partial charge in [0.05, 0.1) is 32.7 Å². The topological polar surface area (TPSA) is 100 Å². The first-order valence-electron chi connectivity index (χ1n) is 10.6. The molecule has 0 atom stereocenters. The van der Waals surface area contributed by atoms with Gasteiger partial charge in [-0.1, -0.05) is 0 Å². The van der Waals surface area contributed by atoms with Gasteiger partial charge in [0.1, 0.15) is 11.5 Å². The monoisotopic (exact) mass is 452 g/mol. The first kappa shape index (κ1) is 22.4. The van der Waals surface area contributed by atoms with E-state index in [0.29, 0.717) is 22.8 Å². The lowest BCUT2D eigenvalue weighted by atomic mass is 10.1. The molecule has 4 rings (SSSR count). The number of piperazine rings is 1. The van der Waals surface area contributed by atoms with Gasteiger partial charge in [-0.25, -0.2) is 5.43 Å². The SMILES string of the molecule is COc1ccc(C2=NNC(=O)/C2=N/Nc2ccc(OC)c(N3CCN(C)CC3)c2)cc1OC. The predicted molar refractivity (Wildman–Crippen MR) is 128 cm³/mol. The van der Waals surface area contributed by atoms with Gasteiger partial charge in [-0.3, -0.25) is 10.2 Å². The molecule has 1 amide bonds. The average Bonchev–Trinajstić information content (AvgIpc) is 3.22. The Labute approximate surface area is 192 Å². The number of nitrogens with zero attached hydrogens (tertiary/aromatic N) is 4. The number of amides is 1. The van der Waals surface area contributed by atoms with Gasteiger partial charge >= 0.3 is 0 Å². The van der Waals surface area contributed by atoms with E-state index in [1.54, 1.807) is 39.5 Å². The molecule has 0 saturated carbocycles. The summed E-state index contributed by atoms with van der Waals surface area (Å²) in [5, 5.41) is 8.52. The lowest BCUT2D eigenvalue weighted by Gasteiger charge is -2.34. The molecule has 1 fully saturated rings. The van der Waals surface area contributed by atoms with Crippen LogP contribution in [0, 0.1) is 0 Å². The van der Waals surface area contributed by atoms with Crippen molar-refractivity contribution in [2.75, 3.05) is 64.9 Å². The number of hydrogen-bond donors (Lipinski definition) is 2. The van der Waals surface area contributed by atoms with Gasteiger partial charge in [-0.15, -0.1) is 0 Å². The van der Waals surface area contributed by atoms with Crippen LogP contribution in [-0.2, 0) is 4.79 Å². The van der Waals surface area contributed by atoms with Crippen molar-refractivity contribution in [3.63, 3.8) is 0 Å². The summed E-state index contributed by atoms with van der Waals surface area (Å²) in [5.74, 6) is 1.53. The summed E-state index contributed by atoms with van der Waals surface area (Å²) in [6.45, 7) is 3.77. The largest absolute Gasteiger partial charge is 0.495 e. The maximum Gasteiger partial charge on any atom is 0.294 e. The van der Waals surface area contributed by atoms with E-state index >= 15 is 0 Å². The molecule has 10 nitrogen and oxygen atoms in total. The van der Waals surface area contributed by atoms with E-state index in [0.717, 1.165) is 43.3 Å². The number of methoxy groups -OCH3 is 3. The molecule has 0 aliphatic carbocycles. The number of carbonyl (C=O) groups is 1. The zero-order valence-corrected chi connectivity index (χ0v) is 19.2. The van der Waals surface area contributed by atoms with Crippen molar-refractivity contribution in [2.45, 2.75) is 0 Å². The van der Waals surface area contributed by atoms with Gasteiger partial charge in [0.15, 0.2) is 17.2 Å². The zero-order chi connectivity index (χ0) is 23.4. The summed E-state index contributed by atoms with van der Waals surface area (Å²) in [5.41, 5.74) is 8.49. The predicted octanol–water partition coefficient (Wildman–Crippen LogP) is 1.77. The second-order valence-corrected chi connectivity index (χ2v) is 7.72. The van der Waals surface area contributed by atoms with Crippen molar-refractivity contribution in [2.24, 2.45) is 10.2 Å². The van der Waals surface area contributed by atoms with Crippen LogP contribution in [0.4, 0.5) is 11.4 Å². The van der Waals surface area contributed by atoms with Crippen molar-refractivity contribution in [3.05, 3.63) is 42.0 Å². The van der Waals surface area contributed by atoms with E-state index in [9.17, 15) is 4.79 Å². The first-order chi connectivity index (χ1) is 16.0. The van der Waals surface area contributed by atoms with Crippen LogP contribution < -0.4 is 30.0 Å². The molecule has 2 aromatic carbocycles. The summed E-state index contributed by atoms with van der Waals surface area (Å²) < 4.78 is 16.2. The Morgan fingerprint density at radius 1 is 0.939 bits per heavy atom. The standard InChI is InChI=1S/C23H28N6O4/c1-28-9-11-29(12-10-28)17-14-16(6-8-18(17)31-2)24-26-22-21(25-27-23(22)30)15-5-7-19(32-3)20(13-15)33-4/h5-8,13-14,24H,9-12H2,1-4H3,(H,26,27,30). The molecule has 2 N–H and O–H groups in total. The lowest BCUT2D eigenvalue weighted by molar-refractivity contribution is -0.114. The second kappa shape index (κ2) is 9.78. The molecule has 0 unspecified atom stereocenters. The lowest BCUT2D eigenvalue weighted by Crippen LogP contribution is -2.44. The number of benzene rings is 2. The second-order valence-electron chi connectivity index (χ2n) is 7.72. The average molecular weight is 453 g/mol. The minimum Gasteiger partial charge on any atom is -0.495 e. The van der Waals surface area contributed by atoms with E-state index in [1.807, 2.05) is 18.2 Å². The number of anilines is 2. The highest BCUT2D eigenvalue weighted by Gasteiger charge is 2.27. The maximum atomic E-state index is 12.4. The van der Waals surface area contributed by atoms with E-state index in [-0.39, 0.29) is 11.6 Å². The first-order valence-corrected chi connectivity index (χ1v) is 10.6. The molecular formula is C23H28N6O4. The van der Waals surface area contributed by atoms with E-state index in [2.05, 4.69) is 37.9 Å². The Bertz CT molecular complexity index is 1090. The molecule has 2 aliphatic rings. The number of nitrogens with one attached hydrogen (secondary N) is 2. The van der Waals surface area contributed by atoms with Crippen LogP contribution in [0.25, 0.3) is 0 Å². The molecule has 0 spiro atoms. The smallest absolute Gasteiger partial charge is 0.294 e. The molecule has 0 aromatic heterocycles. The third kappa shape index (κ3) is 4.70. The molecule has 2 aromatic rings. The summed E-state index contributed by atoms with van der Waals surface area (Å²) in [6.07, 6.45) is 0. The van der Waals surface area contributed by atoms with E-state index in [1.165, 1.54) is 0 Å². The fraction of sp³-hybridized carbons (Fsp3) is 0.348. The van der Waals surface area contributed by atoms with Gasteiger partial charge in [0, 0.05) is 31.7 Å². The van der Waals surface area contributed by atoms with Crippen LogP contribution in [0.2, 0.25) is 0 Å². The van der Waals surface area contributed by atoms with Crippen LogP contribution in [0.3, 0.4) is 0 Å². The van der Waals surface area contributed by atoms with Gasteiger partial charge in [0.2, 0.25) is 0 Å². The van der Waals surface area contributed by atoms with Crippen molar-refractivity contribution in [3.8, 4) is 17.2 Å². The van der Waals surface area contributed by atoms with Crippen molar-refractivity contribution >= 4 is 28.7 Å². The number of carbonyl (C=O) groups excluding carboxylic acids is 1. The van der Waals surface area contributed by atoms with E-state index in [4.69, 9.17) is 14.2 Å². The van der Waals surface area contributed by atoms with Crippen molar-refractivity contribution < 1.29 is 19.0 Å². The summed E-state index contributed by atoms with van der Waals surface area (Å²) in [4.78, 5) is 17.0. The highest BCUT2D eigenvalue weighted by atomic mass is 16.5. The highest BCUT2D eigenvalue weighted by molar-refractivity contribution is 6.72. The third-order valence-corrected chi connectivity index (χ3v) is 5.69. The number of hydrazone groups is 2. The molecular weight excluding hydrogens is 424 g/mol. The van der Waals surface area contributed by atoms with Crippen LogP contribution in [0.15, 0.2) is 46.6 Å². The van der Waals surface area contributed by atoms with Crippen LogP contribution in [0.5, 0.6) is 17.2 Å². The minimum atomic E-state index is -0.389. The van der Waals surface area contributed by atoms with Gasteiger partial charge in [-0.2, -0.15) is 10.2 Å². The molecule has 1 saturated heterocycles. The number of rotatable bonds is 7. The summed E-state index contributed by atoms with van der Waals surface area (Å²) >= 11 is 0. The molecule has 174 valence electrons. The van der Waals surface area contributed by atoms with Crippen LogP contribution >= 0.6 is 0 Å². The molecule has 0 radical (unpaired) electrons. The van der Waals surface area contributed by atoms with Gasteiger partial charge < -0.3 is 24.0 Å². The molecule has 2 heterocycles.